The molecule has 0 unspecified atom stereocenters. The first-order valence-electron chi connectivity index (χ1n) is 7.61. The highest BCUT2D eigenvalue weighted by atomic mass is 15.3. The van der Waals surface area contributed by atoms with Gasteiger partial charge in [0.1, 0.15) is 11.9 Å². The minimum absolute atomic E-state index is 0.632. The minimum atomic E-state index is 0.632. The number of nitrogens with zero attached hydrogens (tertiary/aromatic N) is 5. The molecule has 2 heterocycles. The smallest absolute Gasteiger partial charge is 0.146 e. The summed E-state index contributed by atoms with van der Waals surface area (Å²) in [6, 6.07) is 15.7. The zero-order chi connectivity index (χ0) is 16.1. The van der Waals surface area contributed by atoms with Crippen molar-refractivity contribution >= 4 is 5.82 Å². The predicted octanol–water partition coefficient (Wildman–Crippen LogP) is 2.15. The molecule has 2 aromatic rings. The van der Waals surface area contributed by atoms with E-state index in [1.165, 1.54) is 5.56 Å². The third-order valence-corrected chi connectivity index (χ3v) is 4.07. The van der Waals surface area contributed by atoms with E-state index in [0.717, 1.165) is 38.5 Å². The van der Waals surface area contributed by atoms with Crippen LogP contribution in [0, 0.1) is 22.7 Å². The normalized spacial score (nSPS) is 15.0. The summed E-state index contributed by atoms with van der Waals surface area (Å²) in [5.41, 5.74) is 2.54. The maximum atomic E-state index is 9.19. The second kappa shape index (κ2) is 6.91. The number of nitriles is 2. The van der Waals surface area contributed by atoms with Crippen LogP contribution in [0.5, 0.6) is 0 Å². The van der Waals surface area contributed by atoms with Crippen molar-refractivity contribution in [3.8, 4) is 12.1 Å². The van der Waals surface area contributed by atoms with Crippen molar-refractivity contribution < 1.29 is 0 Å². The summed E-state index contributed by atoms with van der Waals surface area (Å²) in [5, 5.41) is 18.0. The van der Waals surface area contributed by atoms with E-state index >= 15 is 0 Å². The largest absolute Gasteiger partial charge is 0.353 e. The van der Waals surface area contributed by atoms with Crippen LogP contribution < -0.4 is 4.90 Å². The molecule has 0 bridgehead atoms. The average molecular weight is 303 g/mol. The van der Waals surface area contributed by atoms with Gasteiger partial charge in [0.2, 0.25) is 0 Å². The predicted molar refractivity (Wildman–Crippen MR) is 87.6 cm³/mol. The van der Waals surface area contributed by atoms with Crippen molar-refractivity contribution in [2.75, 3.05) is 31.1 Å². The third kappa shape index (κ3) is 3.48. The summed E-state index contributed by atoms with van der Waals surface area (Å²) in [4.78, 5) is 8.91. The van der Waals surface area contributed by atoms with Crippen LogP contribution in [0.25, 0.3) is 0 Å². The molecule has 114 valence electrons. The van der Waals surface area contributed by atoms with Crippen molar-refractivity contribution in [3.05, 3.63) is 59.3 Å². The molecule has 1 aliphatic rings. The van der Waals surface area contributed by atoms with Crippen LogP contribution in [-0.4, -0.2) is 36.1 Å². The lowest BCUT2D eigenvalue weighted by molar-refractivity contribution is 0.249. The quantitative estimate of drug-likeness (QED) is 0.869. The minimum Gasteiger partial charge on any atom is -0.353 e. The van der Waals surface area contributed by atoms with Gasteiger partial charge in [0.25, 0.3) is 0 Å². The molecule has 0 aliphatic carbocycles. The molecule has 0 amide bonds. The molecule has 0 spiro atoms. The highest BCUT2D eigenvalue weighted by Gasteiger charge is 2.20. The van der Waals surface area contributed by atoms with E-state index in [9.17, 15) is 5.26 Å². The van der Waals surface area contributed by atoms with E-state index in [1.807, 2.05) is 30.3 Å². The van der Waals surface area contributed by atoms with E-state index in [4.69, 9.17) is 5.26 Å². The van der Waals surface area contributed by atoms with Crippen molar-refractivity contribution in [3.63, 3.8) is 0 Å². The Balaban J connectivity index is 1.60. The molecule has 0 saturated carbocycles. The summed E-state index contributed by atoms with van der Waals surface area (Å²) in [6.07, 6.45) is 1.74. The molecule has 0 atom stereocenters. The number of anilines is 1. The van der Waals surface area contributed by atoms with Gasteiger partial charge < -0.3 is 4.90 Å². The van der Waals surface area contributed by atoms with Gasteiger partial charge in [-0.1, -0.05) is 12.1 Å². The first-order chi connectivity index (χ1) is 11.3. The number of rotatable bonds is 3. The third-order valence-electron chi connectivity index (χ3n) is 4.07. The SMILES string of the molecule is N#Cc1ccc(CN2CCN(c3ncccc3C#N)CC2)cc1. The first-order valence-corrected chi connectivity index (χ1v) is 7.61. The van der Waals surface area contributed by atoms with Crippen LogP contribution in [0.4, 0.5) is 5.82 Å². The lowest BCUT2D eigenvalue weighted by atomic mass is 10.1. The van der Waals surface area contributed by atoms with Gasteiger partial charge in [-0.2, -0.15) is 10.5 Å². The molecule has 1 aromatic carbocycles. The Labute approximate surface area is 136 Å². The number of pyridine rings is 1. The van der Waals surface area contributed by atoms with Gasteiger partial charge in [-0.05, 0) is 29.8 Å². The van der Waals surface area contributed by atoms with Gasteiger partial charge in [-0.15, -0.1) is 0 Å². The van der Waals surface area contributed by atoms with Gasteiger partial charge in [-0.3, -0.25) is 4.90 Å². The Morgan fingerprint density at radius 2 is 1.70 bits per heavy atom. The van der Waals surface area contributed by atoms with Gasteiger partial charge in [0.05, 0.1) is 17.2 Å². The molecule has 5 nitrogen and oxygen atoms in total. The zero-order valence-corrected chi connectivity index (χ0v) is 12.8. The number of hydrogen-bond donors (Lipinski definition) is 0. The molecule has 1 fully saturated rings. The molecule has 1 saturated heterocycles. The van der Waals surface area contributed by atoms with Gasteiger partial charge in [-0.25, -0.2) is 4.98 Å². The maximum Gasteiger partial charge on any atom is 0.146 e. The molecular weight excluding hydrogens is 286 g/mol. The molecule has 3 rings (SSSR count). The number of piperazine rings is 1. The zero-order valence-electron chi connectivity index (χ0n) is 12.8. The van der Waals surface area contributed by atoms with E-state index < -0.39 is 0 Å². The second-order valence-electron chi connectivity index (χ2n) is 5.56. The fourth-order valence-electron chi connectivity index (χ4n) is 2.80. The Bertz CT molecular complexity index is 746. The standard InChI is InChI=1S/C18H17N5/c19-12-15-3-5-16(6-4-15)14-22-8-10-23(11-9-22)18-17(13-20)2-1-7-21-18/h1-7H,8-11,14H2. The number of hydrogen-bond acceptors (Lipinski definition) is 5. The molecule has 1 aliphatic heterocycles. The Morgan fingerprint density at radius 3 is 2.35 bits per heavy atom. The highest BCUT2D eigenvalue weighted by Crippen LogP contribution is 2.18. The summed E-state index contributed by atoms with van der Waals surface area (Å²) in [5.74, 6) is 0.785. The number of benzene rings is 1. The molecule has 5 heteroatoms. The van der Waals surface area contributed by atoms with E-state index in [2.05, 4.69) is 26.9 Å². The van der Waals surface area contributed by atoms with Crippen molar-refractivity contribution in [1.82, 2.24) is 9.88 Å². The molecule has 0 radical (unpaired) electrons. The molecular formula is C18H17N5. The van der Waals surface area contributed by atoms with Gasteiger partial charge >= 0.3 is 0 Å². The van der Waals surface area contributed by atoms with E-state index in [0.29, 0.717) is 11.1 Å². The molecule has 1 aromatic heterocycles. The average Bonchev–Trinajstić information content (AvgIpc) is 2.63. The van der Waals surface area contributed by atoms with Crippen LogP contribution in [0.2, 0.25) is 0 Å². The summed E-state index contributed by atoms with van der Waals surface area (Å²) in [6.45, 7) is 4.47. The van der Waals surface area contributed by atoms with Crippen molar-refractivity contribution in [2.24, 2.45) is 0 Å². The highest BCUT2D eigenvalue weighted by molar-refractivity contribution is 5.53. The van der Waals surface area contributed by atoms with E-state index in [-0.39, 0.29) is 0 Å². The fraction of sp³-hybridized carbons (Fsp3) is 0.278. The Hall–Kier alpha value is -2.89. The first kappa shape index (κ1) is 15.0. The van der Waals surface area contributed by atoms with Crippen LogP contribution in [0.15, 0.2) is 42.6 Å². The topological polar surface area (TPSA) is 67.0 Å². The van der Waals surface area contributed by atoms with Gasteiger partial charge in [0, 0.05) is 38.9 Å². The molecule has 23 heavy (non-hydrogen) atoms. The lowest BCUT2D eigenvalue weighted by Gasteiger charge is -2.35. The lowest BCUT2D eigenvalue weighted by Crippen LogP contribution is -2.46. The summed E-state index contributed by atoms with van der Waals surface area (Å²) in [7, 11) is 0. The Morgan fingerprint density at radius 1 is 0.957 bits per heavy atom. The number of aromatic nitrogens is 1. The second-order valence-corrected chi connectivity index (χ2v) is 5.56. The summed E-state index contributed by atoms with van der Waals surface area (Å²) < 4.78 is 0. The monoisotopic (exact) mass is 303 g/mol. The van der Waals surface area contributed by atoms with Crippen molar-refractivity contribution in [1.29, 1.82) is 10.5 Å². The van der Waals surface area contributed by atoms with E-state index in [1.54, 1.807) is 12.3 Å². The van der Waals surface area contributed by atoms with Crippen molar-refractivity contribution in [2.45, 2.75) is 6.54 Å². The fourth-order valence-corrected chi connectivity index (χ4v) is 2.80. The van der Waals surface area contributed by atoms with Crippen LogP contribution in [0.3, 0.4) is 0 Å². The van der Waals surface area contributed by atoms with Crippen LogP contribution in [-0.2, 0) is 6.54 Å². The van der Waals surface area contributed by atoms with Crippen LogP contribution in [0.1, 0.15) is 16.7 Å². The maximum absolute atomic E-state index is 9.19. The van der Waals surface area contributed by atoms with Crippen LogP contribution >= 0.6 is 0 Å². The van der Waals surface area contributed by atoms with Gasteiger partial charge in [0.15, 0.2) is 0 Å². The Kier molecular flexibility index (Phi) is 4.52. The molecule has 0 N–H and O–H groups in total. The summed E-state index contributed by atoms with van der Waals surface area (Å²) >= 11 is 0.